The van der Waals surface area contributed by atoms with Gasteiger partial charge in [0.05, 0.1) is 6.20 Å². The number of halogens is 2. The Bertz CT molecular complexity index is 445. The third-order valence-electron chi connectivity index (χ3n) is 2.51. The van der Waals surface area contributed by atoms with Crippen LogP contribution in [-0.4, -0.2) is 45.2 Å². The van der Waals surface area contributed by atoms with Crippen molar-refractivity contribution in [3.63, 3.8) is 0 Å². The lowest BCUT2D eigenvalue weighted by atomic mass is 10.2. The highest BCUT2D eigenvalue weighted by Gasteiger charge is 2.26. The van der Waals surface area contributed by atoms with E-state index in [1.165, 1.54) is 4.90 Å². The van der Waals surface area contributed by atoms with Crippen molar-refractivity contribution in [2.75, 3.05) is 18.4 Å². The number of hydrogen-bond acceptors (Lipinski definition) is 4. The molecule has 17 heavy (non-hydrogen) atoms. The van der Waals surface area contributed by atoms with Crippen molar-refractivity contribution in [3.8, 4) is 0 Å². The number of rotatable bonds is 2. The van der Waals surface area contributed by atoms with E-state index in [0.29, 0.717) is 19.5 Å². The maximum absolute atomic E-state index is 13.3. The summed E-state index contributed by atoms with van der Waals surface area (Å²) in [7, 11) is 0. The number of amides is 1. The number of nitrogens with one attached hydrogen (secondary N) is 1. The minimum atomic E-state index is -0.976. The molecule has 0 saturated carbocycles. The summed E-state index contributed by atoms with van der Waals surface area (Å²) >= 11 is 5.55. The van der Waals surface area contributed by atoms with Crippen LogP contribution in [0.25, 0.3) is 0 Å². The Labute approximate surface area is 101 Å². The molecule has 1 aromatic rings. The van der Waals surface area contributed by atoms with Crippen LogP contribution in [0.15, 0.2) is 6.20 Å². The Morgan fingerprint density at radius 1 is 1.71 bits per heavy atom. The second kappa shape index (κ2) is 4.70. The average Bonchev–Trinajstić information content (AvgIpc) is 2.72. The van der Waals surface area contributed by atoms with Gasteiger partial charge in [0.15, 0.2) is 11.6 Å². The number of nitrogens with zero attached hydrogens (tertiary/aromatic N) is 3. The van der Waals surface area contributed by atoms with Crippen LogP contribution in [0.2, 0.25) is 5.28 Å². The summed E-state index contributed by atoms with van der Waals surface area (Å²) in [5, 5.41) is 11.5. The maximum Gasteiger partial charge on any atom is 0.407 e. The summed E-state index contributed by atoms with van der Waals surface area (Å²) < 4.78 is 13.3. The minimum Gasteiger partial charge on any atom is -0.465 e. The fourth-order valence-corrected chi connectivity index (χ4v) is 1.83. The zero-order chi connectivity index (χ0) is 12.4. The lowest BCUT2D eigenvalue weighted by Crippen LogP contribution is -2.30. The van der Waals surface area contributed by atoms with Crippen LogP contribution in [0.4, 0.5) is 15.0 Å². The van der Waals surface area contributed by atoms with E-state index in [9.17, 15) is 9.18 Å². The third kappa shape index (κ3) is 2.73. The molecule has 92 valence electrons. The summed E-state index contributed by atoms with van der Waals surface area (Å²) in [5.41, 5.74) is 0. The molecule has 0 bridgehead atoms. The van der Waals surface area contributed by atoms with Crippen LogP contribution in [0, 0.1) is 5.82 Å². The van der Waals surface area contributed by atoms with Gasteiger partial charge in [0.2, 0.25) is 5.28 Å². The van der Waals surface area contributed by atoms with Crippen molar-refractivity contribution in [1.82, 2.24) is 14.9 Å². The predicted molar refractivity (Wildman–Crippen MR) is 58.6 cm³/mol. The van der Waals surface area contributed by atoms with Gasteiger partial charge in [-0.25, -0.2) is 14.2 Å². The molecule has 1 aliphatic heterocycles. The van der Waals surface area contributed by atoms with Crippen LogP contribution >= 0.6 is 11.6 Å². The van der Waals surface area contributed by atoms with E-state index < -0.39 is 11.9 Å². The first-order chi connectivity index (χ1) is 8.06. The zero-order valence-corrected chi connectivity index (χ0v) is 9.48. The second-order valence-electron chi connectivity index (χ2n) is 3.69. The molecule has 0 aliphatic carbocycles. The Morgan fingerprint density at radius 3 is 3.12 bits per heavy atom. The van der Waals surface area contributed by atoms with E-state index in [2.05, 4.69) is 15.3 Å². The summed E-state index contributed by atoms with van der Waals surface area (Å²) in [6.45, 7) is 0.726. The van der Waals surface area contributed by atoms with Crippen molar-refractivity contribution in [3.05, 3.63) is 17.3 Å². The molecule has 1 atom stereocenters. The molecule has 2 heterocycles. The molecular formula is C9H10ClFN4O2. The highest BCUT2D eigenvalue weighted by Crippen LogP contribution is 2.17. The summed E-state index contributed by atoms with van der Waals surface area (Å²) in [6.07, 6.45) is 0.602. The SMILES string of the molecule is O=C(O)N1CC[C@H](Nc2nc(Cl)ncc2F)C1. The third-order valence-corrected chi connectivity index (χ3v) is 2.70. The minimum absolute atomic E-state index is 0.00207. The number of aromatic nitrogens is 2. The maximum atomic E-state index is 13.3. The second-order valence-corrected chi connectivity index (χ2v) is 4.03. The van der Waals surface area contributed by atoms with Crippen molar-refractivity contribution in [2.45, 2.75) is 12.5 Å². The van der Waals surface area contributed by atoms with Gasteiger partial charge >= 0.3 is 6.09 Å². The van der Waals surface area contributed by atoms with Gasteiger partial charge in [0, 0.05) is 19.1 Å². The molecule has 1 amide bonds. The lowest BCUT2D eigenvalue weighted by Gasteiger charge is -2.14. The fraction of sp³-hybridized carbons (Fsp3) is 0.444. The van der Waals surface area contributed by atoms with Crippen LogP contribution < -0.4 is 5.32 Å². The largest absolute Gasteiger partial charge is 0.465 e. The molecule has 1 aliphatic rings. The Balaban J connectivity index is 2.02. The van der Waals surface area contributed by atoms with Gasteiger partial charge < -0.3 is 15.3 Å². The van der Waals surface area contributed by atoms with Gasteiger partial charge in [0.1, 0.15) is 0 Å². The Hall–Kier alpha value is -1.63. The van der Waals surface area contributed by atoms with Crippen LogP contribution in [0.1, 0.15) is 6.42 Å². The molecule has 0 unspecified atom stereocenters. The zero-order valence-electron chi connectivity index (χ0n) is 8.73. The number of hydrogen-bond donors (Lipinski definition) is 2. The van der Waals surface area contributed by atoms with E-state index in [0.717, 1.165) is 6.20 Å². The number of carboxylic acid groups (broad SMARTS) is 1. The van der Waals surface area contributed by atoms with Crippen molar-refractivity contribution < 1.29 is 14.3 Å². The molecule has 1 aromatic heterocycles. The van der Waals surface area contributed by atoms with Crippen molar-refractivity contribution in [2.24, 2.45) is 0 Å². The molecule has 2 N–H and O–H groups in total. The van der Waals surface area contributed by atoms with Gasteiger partial charge in [-0.1, -0.05) is 0 Å². The van der Waals surface area contributed by atoms with Crippen molar-refractivity contribution >= 4 is 23.5 Å². The van der Waals surface area contributed by atoms with Crippen molar-refractivity contribution in [1.29, 1.82) is 0 Å². The first-order valence-corrected chi connectivity index (χ1v) is 5.36. The van der Waals surface area contributed by atoms with Gasteiger partial charge in [-0.05, 0) is 18.0 Å². The lowest BCUT2D eigenvalue weighted by molar-refractivity contribution is 0.155. The number of likely N-dealkylation sites (tertiary alicyclic amines) is 1. The van der Waals surface area contributed by atoms with E-state index in [4.69, 9.17) is 16.7 Å². The quantitative estimate of drug-likeness (QED) is 0.787. The van der Waals surface area contributed by atoms with Gasteiger partial charge in [-0.2, -0.15) is 4.98 Å². The fourth-order valence-electron chi connectivity index (χ4n) is 1.69. The van der Waals surface area contributed by atoms with Gasteiger partial charge in [0.25, 0.3) is 0 Å². The van der Waals surface area contributed by atoms with Crippen LogP contribution in [0.3, 0.4) is 0 Å². The molecule has 1 fully saturated rings. The molecule has 0 aromatic carbocycles. The van der Waals surface area contributed by atoms with Gasteiger partial charge in [-0.3, -0.25) is 0 Å². The molecule has 6 nitrogen and oxygen atoms in total. The first kappa shape index (κ1) is 11.8. The Kier molecular flexibility index (Phi) is 3.28. The van der Waals surface area contributed by atoms with E-state index in [1.54, 1.807) is 0 Å². The summed E-state index contributed by atoms with van der Waals surface area (Å²) in [5.74, 6) is -0.606. The van der Waals surface area contributed by atoms with Gasteiger partial charge in [-0.15, -0.1) is 0 Å². The first-order valence-electron chi connectivity index (χ1n) is 4.98. The smallest absolute Gasteiger partial charge is 0.407 e. The highest BCUT2D eigenvalue weighted by atomic mass is 35.5. The van der Waals surface area contributed by atoms with Crippen LogP contribution in [-0.2, 0) is 0 Å². The number of anilines is 1. The monoisotopic (exact) mass is 260 g/mol. The molecule has 1 saturated heterocycles. The molecule has 8 heteroatoms. The summed E-state index contributed by atoms with van der Waals surface area (Å²) in [4.78, 5) is 19.2. The molecular weight excluding hydrogens is 251 g/mol. The van der Waals surface area contributed by atoms with E-state index in [-0.39, 0.29) is 17.1 Å². The van der Waals surface area contributed by atoms with E-state index in [1.807, 2.05) is 0 Å². The normalized spacial score (nSPS) is 19.4. The van der Waals surface area contributed by atoms with Crippen LogP contribution in [0.5, 0.6) is 0 Å². The predicted octanol–water partition coefficient (Wildman–Crippen LogP) is 1.43. The molecule has 0 spiro atoms. The summed E-state index contributed by atoms with van der Waals surface area (Å²) in [6, 6.07) is -0.161. The standard InChI is InChI=1S/C9H10ClFN4O2/c10-8-12-3-6(11)7(14-8)13-5-1-2-15(4-5)9(16)17/h3,5H,1-2,4H2,(H,16,17)(H,12,13,14)/t5-/m0/s1. The molecule has 2 rings (SSSR count). The highest BCUT2D eigenvalue weighted by molar-refractivity contribution is 6.28. The topological polar surface area (TPSA) is 78.4 Å². The number of carbonyl (C=O) groups is 1. The Morgan fingerprint density at radius 2 is 2.47 bits per heavy atom. The van der Waals surface area contributed by atoms with E-state index >= 15 is 0 Å². The average molecular weight is 261 g/mol. The molecule has 0 radical (unpaired) electrons.